The van der Waals surface area contributed by atoms with Gasteiger partial charge in [0.25, 0.3) is 5.91 Å². The van der Waals surface area contributed by atoms with Crippen molar-refractivity contribution in [3.8, 4) is 0 Å². The van der Waals surface area contributed by atoms with Crippen LogP contribution in [0.25, 0.3) is 0 Å². The van der Waals surface area contributed by atoms with E-state index in [2.05, 4.69) is 26.8 Å². The minimum atomic E-state index is -0.0184. The van der Waals surface area contributed by atoms with Crippen LogP contribution < -0.4 is 10.6 Å². The van der Waals surface area contributed by atoms with Gasteiger partial charge in [0.1, 0.15) is 5.00 Å². The Kier molecular flexibility index (Phi) is 4.95. The Bertz CT molecular complexity index is 524. The number of nitrogens with zero attached hydrogens (tertiary/aromatic N) is 2. The zero-order chi connectivity index (χ0) is 15.5. The van der Waals surface area contributed by atoms with Crippen molar-refractivity contribution in [1.29, 1.82) is 0 Å². The van der Waals surface area contributed by atoms with Crippen molar-refractivity contribution in [2.75, 3.05) is 38.2 Å². The number of aromatic nitrogens is 1. The number of morpholine rings is 1. The van der Waals surface area contributed by atoms with Crippen molar-refractivity contribution in [3.05, 3.63) is 11.3 Å². The molecule has 1 saturated carbocycles. The van der Waals surface area contributed by atoms with Crippen LogP contribution in [0.4, 0.5) is 5.00 Å². The predicted octanol–water partition coefficient (Wildman–Crippen LogP) is 1.48. The van der Waals surface area contributed by atoms with Gasteiger partial charge in [-0.15, -0.1) is 0 Å². The van der Waals surface area contributed by atoms with Crippen LogP contribution in [0.2, 0.25) is 0 Å². The molecule has 3 rings (SSSR count). The zero-order valence-electron chi connectivity index (χ0n) is 13.2. The van der Waals surface area contributed by atoms with Crippen molar-refractivity contribution in [2.24, 2.45) is 0 Å². The van der Waals surface area contributed by atoms with E-state index in [0.717, 1.165) is 43.5 Å². The fourth-order valence-corrected chi connectivity index (χ4v) is 3.53. The van der Waals surface area contributed by atoms with Gasteiger partial charge in [0.05, 0.1) is 24.5 Å². The first-order valence-corrected chi connectivity index (χ1v) is 8.74. The summed E-state index contributed by atoms with van der Waals surface area (Å²) in [5, 5.41) is 7.43. The van der Waals surface area contributed by atoms with E-state index in [9.17, 15) is 4.79 Å². The summed E-state index contributed by atoms with van der Waals surface area (Å²) in [7, 11) is 0. The number of carbonyl (C=O) groups is 1. The second kappa shape index (κ2) is 6.93. The largest absolute Gasteiger partial charge is 0.379 e. The molecule has 1 aromatic heterocycles. The van der Waals surface area contributed by atoms with E-state index >= 15 is 0 Å². The van der Waals surface area contributed by atoms with Crippen molar-refractivity contribution in [1.82, 2.24) is 14.6 Å². The second-order valence-electron chi connectivity index (χ2n) is 6.18. The van der Waals surface area contributed by atoms with Crippen LogP contribution in [0.5, 0.6) is 0 Å². The van der Waals surface area contributed by atoms with Crippen LogP contribution in [-0.2, 0) is 4.74 Å². The molecule has 1 aliphatic heterocycles. The number of hydrogen-bond donors (Lipinski definition) is 2. The van der Waals surface area contributed by atoms with Crippen LogP contribution >= 0.6 is 11.5 Å². The third-order valence-corrected chi connectivity index (χ3v) is 4.89. The highest BCUT2D eigenvalue weighted by Gasteiger charge is 2.26. The molecule has 0 radical (unpaired) electrons. The molecular weight excluding hydrogens is 300 g/mol. The molecule has 0 bridgehead atoms. The quantitative estimate of drug-likeness (QED) is 0.830. The summed E-state index contributed by atoms with van der Waals surface area (Å²) < 4.78 is 9.68. The lowest BCUT2D eigenvalue weighted by Gasteiger charge is -2.29. The fraction of sp³-hybridized carbons (Fsp3) is 0.733. The topological polar surface area (TPSA) is 66.5 Å². The molecule has 0 unspecified atom stereocenters. The van der Waals surface area contributed by atoms with Gasteiger partial charge in [0.15, 0.2) is 0 Å². The van der Waals surface area contributed by atoms with Crippen LogP contribution in [0, 0.1) is 6.92 Å². The first-order valence-electron chi connectivity index (χ1n) is 7.97. The smallest absolute Gasteiger partial charge is 0.256 e. The molecule has 22 heavy (non-hydrogen) atoms. The number of nitrogens with one attached hydrogen (secondary N) is 2. The summed E-state index contributed by atoms with van der Waals surface area (Å²) in [4.78, 5) is 14.9. The number of rotatable bonds is 6. The Hall–Kier alpha value is -1.18. The van der Waals surface area contributed by atoms with Crippen molar-refractivity contribution in [3.63, 3.8) is 0 Å². The number of aryl methyl sites for hydroxylation is 1. The van der Waals surface area contributed by atoms with E-state index in [-0.39, 0.29) is 11.9 Å². The van der Waals surface area contributed by atoms with E-state index in [1.807, 2.05) is 6.92 Å². The van der Waals surface area contributed by atoms with Crippen LogP contribution in [0.3, 0.4) is 0 Å². The maximum atomic E-state index is 12.6. The highest BCUT2D eigenvalue weighted by Crippen LogP contribution is 2.31. The molecule has 2 aliphatic rings. The SMILES string of the molecule is Cc1nsc(NC2CC2)c1C(=O)N[C@H](C)CN1CCOCC1. The Morgan fingerprint density at radius 3 is 2.86 bits per heavy atom. The zero-order valence-corrected chi connectivity index (χ0v) is 14.0. The van der Waals surface area contributed by atoms with E-state index in [4.69, 9.17) is 4.74 Å². The van der Waals surface area contributed by atoms with Crippen molar-refractivity contribution >= 4 is 22.4 Å². The summed E-state index contributed by atoms with van der Waals surface area (Å²) >= 11 is 1.39. The van der Waals surface area contributed by atoms with Gasteiger partial charge in [-0.1, -0.05) is 0 Å². The number of carbonyl (C=O) groups excluding carboxylic acids is 1. The van der Waals surface area contributed by atoms with Crippen LogP contribution in [0.1, 0.15) is 35.8 Å². The molecule has 0 aromatic carbocycles. The minimum absolute atomic E-state index is 0.0184. The van der Waals surface area contributed by atoms with Gasteiger partial charge in [-0.2, -0.15) is 4.37 Å². The standard InChI is InChI=1S/C15H24N4O2S/c1-10(9-19-5-7-21-8-6-19)16-14(20)13-11(2)18-22-15(13)17-12-3-4-12/h10,12,17H,3-9H2,1-2H3,(H,16,20)/t10-/m1/s1. The molecule has 6 nitrogen and oxygen atoms in total. The number of hydrogen-bond acceptors (Lipinski definition) is 6. The van der Waals surface area contributed by atoms with Gasteiger partial charge >= 0.3 is 0 Å². The Morgan fingerprint density at radius 2 is 2.18 bits per heavy atom. The summed E-state index contributed by atoms with van der Waals surface area (Å²) in [5.74, 6) is -0.0184. The molecule has 1 aromatic rings. The lowest BCUT2D eigenvalue weighted by molar-refractivity contribution is 0.0342. The van der Waals surface area contributed by atoms with Crippen LogP contribution in [0.15, 0.2) is 0 Å². The maximum Gasteiger partial charge on any atom is 0.256 e. The molecular formula is C15H24N4O2S. The molecule has 2 N–H and O–H groups in total. The lowest BCUT2D eigenvalue weighted by atomic mass is 10.2. The molecule has 2 fully saturated rings. The molecule has 2 heterocycles. The molecule has 1 amide bonds. The van der Waals surface area contributed by atoms with Gasteiger partial charge in [0.2, 0.25) is 0 Å². The van der Waals surface area contributed by atoms with Gasteiger partial charge in [-0.25, -0.2) is 0 Å². The van der Waals surface area contributed by atoms with E-state index < -0.39 is 0 Å². The Labute approximate surface area is 135 Å². The van der Waals surface area contributed by atoms with Gasteiger partial charge in [0, 0.05) is 31.7 Å². The van der Waals surface area contributed by atoms with Gasteiger partial charge in [-0.3, -0.25) is 9.69 Å². The monoisotopic (exact) mass is 324 g/mol. The fourth-order valence-electron chi connectivity index (χ4n) is 2.66. The van der Waals surface area contributed by atoms with Gasteiger partial charge in [-0.05, 0) is 38.2 Å². The number of amides is 1. The minimum Gasteiger partial charge on any atom is -0.379 e. The third-order valence-electron chi connectivity index (χ3n) is 4.02. The van der Waals surface area contributed by atoms with Gasteiger partial charge < -0.3 is 15.4 Å². The van der Waals surface area contributed by atoms with Crippen molar-refractivity contribution < 1.29 is 9.53 Å². The predicted molar refractivity (Wildman–Crippen MR) is 87.7 cm³/mol. The van der Waals surface area contributed by atoms with E-state index in [1.165, 1.54) is 24.4 Å². The maximum absolute atomic E-state index is 12.6. The van der Waals surface area contributed by atoms with Crippen molar-refractivity contribution in [2.45, 2.75) is 38.8 Å². The first kappa shape index (κ1) is 15.7. The molecule has 122 valence electrons. The van der Waals surface area contributed by atoms with E-state index in [0.29, 0.717) is 11.6 Å². The normalized spacial score (nSPS) is 20.6. The molecule has 1 saturated heterocycles. The third kappa shape index (κ3) is 3.97. The summed E-state index contributed by atoms with van der Waals surface area (Å²) in [6.45, 7) is 8.25. The lowest BCUT2D eigenvalue weighted by Crippen LogP contribution is -2.46. The summed E-state index contributed by atoms with van der Waals surface area (Å²) in [5.41, 5.74) is 1.52. The molecule has 1 aliphatic carbocycles. The average Bonchev–Trinajstić information content (AvgIpc) is 3.22. The molecule has 1 atom stereocenters. The second-order valence-corrected chi connectivity index (χ2v) is 6.95. The first-order chi connectivity index (χ1) is 10.6. The number of ether oxygens (including phenoxy) is 1. The Balaban J connectivity index is 1.57. The molecule has 0 spiro atoms. The summed E-state index contributed by atoms with van der Waals surface area (Å²) in [6.07, 6.45) is 2.37. The summed E-state index contributed by atoms with van der Waals surface area (Å²) in [6, 6.07) is 0.635. The van der Waals surface area contributed by atoms with Crippen LogP contribution in [-0.4, -0.2) is 60.1 Å². The highest BCUT2D eigenvalue weighted by atomic mass is 32.1. The average molecular weight is 324 g/mol. The highest BCUT2D eigenvalue weighted by molar-refractivity contribution is 7.10. The Morgan fingerprint density at radius 1 is 1.45 bits per heavy atom. The number of anilines is 1. The van der Waals surface area contributed by atoms with E-state index in [1.54, 1.807) is 0 Å². The molecule has 7 heteroatoms.